The van der Waals surface area contributed by atoms with E-state index in [9.17, 15) is 4.79 Å². The minimum Gasteiger partial charge on any atom is -0.382 e. The molecule has 28 heavy (non-hydrogen) atoms. The first kappa shape index (κ1) is 19.4. The van der Waals surface area contributed by atoms with Gasteiger partial charge in [-0.05, 0) is 25.7 Å². The third kappa shape index (κ3) is 4.06. The second kappa shape index (κ2) is 8.59. The molecule has 2 aliphatic rings. The van der Waals surface area contributed by atoms with E-state index in [0.29, 0.717) is 42.3 Å². The highest BCUT2D eigenvalue weighted by molar-refractivity contribution is 5.74. The maximum Gasteiger partial charge on any atom is 0.263 e. The van der Waals surface area contributed by atoms with Crippen molar-refractivity contribution in [1.29, 1.82) is 0 Å². The van der Waals surface area contributed by atoms with Gasteiger partial charge in [0.1, 0.15) is 5.39 Å². The van der Waals surface area contributed by atoms with Gasteiger partial charge in [-0.25, -0.2) is 0 Å². The fourth-order valence-corrected chi connectivity index (χ4v) is 4.34. The largest absolute Gasteiger partial charge is 0.382 e. The molecule has 0 amide bonds. The number of hydrogen-bond acceptors (Lipinski definition) is 7. The molecule has 1 N–H and O–H groups in total. The Kier molecular flexibility index (Phi) is 5.93. The zero-order valence-corrected chi connectivity index (χ0v) is 16.8. The number of nitrogens with one attached hydrogen (secondary N) is 1. The van der Waals surface area contributed by atoms with Crippen LogP contribution in [-0.4, -0.2) is 83.3 Å². The molecule has 2 aromatic heterocycles. The number of H-pyrrole nitrogens is 1. The summed E-state index contributed by atoms with van der Waals surface area (Å²) < 4.78 is 12.6. The third-order valence-corrected chi connectivity index (χ3v) is 6.00. The molecule has 1 aliphatic carbocycles. The molecule has 1 saturated carbocycles. The van der Waals surface area contributed by atoms with Crippen molar-refractivity contribution in [3.05, 3.63) is 16.6 Å². The van der Waals surface area contributed by atoms with E-state index in [1.807, 2.05) is 7.05 Å². The lowest BCUT2D eigenvalue weighted by Crippen LogP contribution is -2.52. The molecule has 9 nitrogen and oxygen atoms in total. The SMILES string of the molecule is COCCOC1CCC(N2CCN(c3nc4c(cnn4C)c(=O)[nH]3)CC2)CC1. The quantitative estimate of drug-likeness (QED) is 0.728. The smallest absolute Gasteiger partial charge is 0.263 e. The molecule has 3 heterocycles. The number of aryl methyl sites for hydroxylation is 1. The minimum atomic E-state index is -0.123. The van der Waals surface area contributed by atoms with Crippen LogP contribution in [0.2, 0.25) is 0 Å². The topological polar surface area (TPSA) is 88.5 Å². The second-order valence-electron chi connectivity index (χ2n) is 7.71. The van der Waals surface area contributed by atoms with Gasteiger partial charge >= 0.3 is 0 Å². The molecule has 154 valence electrons. The molecule has 0 spiro atoms. The van der Waals surface area contributed by atoms with Crippen molar-refractivity contribution in [1.82, 2.24) is 24.6 Å². The Balaban J connectivity index is 1.31. The number of rotatable bonds is 6. The van der Waals surface area contributed by atoms with Crippen molar-refractivity contribution >= 4 is 17.0 Å². The summed E-state index contributed by atoms with van der Waals surface area (Å²) in [6.07, 6.45) is 6.58. The summed E-state index contributed by atoms with van der Waals surface area (Å²) >= 11 is 0. The first-order chi connectivity index (χ1) is 13.7. The van der Waals surface area contributed by atoms with Crippen LogP contribution < -0.4 is 10.5 Å². The van der Waals surface area contributed by atoms with Gasteiger partial charge in [0.2, 0.25) is 5.95 Å². The first-order valence-electron chi connectivity index (χ1n) is 10.2. The van der Waals surface area contributed by atoms with Crippen LogP contribution in [0.15, 0.2) is 11.0 Å². The predicted molar refractivity (Wildman–Crippen MR) is 107 cm³/mol. The Bertz CT molecular complexity index is 834. The van der Waals surface area contributed by atoms with Crippen molar-refractivity contribution in [2.45, 2.75) is 37.8 Å². The van der Waals surface area contributed by atoms with Gasteiger partial charge in [-0.3, -0.25) is 19.4 Å². The second-order valence-corrected chi connectivity index (χ2v) is 7.71. The number of aromatic amines is 1. The Labute approximate surface area is 164 Å². The highest BCUT2D eigenvalue weighted by Gasteiger charge is 2.29. The molecule has 0 aromatic carbocycles. The zero-order chi connectivity index (χ0) is 19.5. The van der Waals surface area contributed by atoms with Crippen molar-refractivity contribution in [2.24, 2.45) is 7.05 Å². The molecule has 0 atom stereocenters. The molecule has 0 bridgehead atoms. The molecule has 1 aliphatic heterocycles. The fraction of sp³-hybridized carbons (Fsp3) is 0.737. The van der Waals surface area contributed by atoms with Gasteiger partial charge in [0.05, 0.1) is 25.5 Å². The van der Waals surface area contributed by atoms with E-state index in [1.54, 1.807) is 18.0 Å². The van der Waals surface area contributed by atoms with Gasteiger partial charge < -0.3 is 14.4 Å². The zero-order valence-electron chi connectivity index (χ0n) is 16.8. The highest BCUT2D eigenvalue weighted by Crippen LogP contribution is 2.26. The summed E-state index contributed by atoms with van der Waals surface area (Å²) in [6.45, 7) is 5.09. The molecule has 2 fully saturated rings. The summed E-state index contributed by atoms with van der Waals surface area (Å²) in [6, 6.07) is 0.635. The monoisotopic (exact) mass is 390 g/mol. The Morgan fingerprint density at radius 1 is 1.14 bits per heavy atom. The molecule has 4 rings (SSSR count). The maximum atomic E-state index is 12.3. The number of hydrogen-bond donors (Lipinski definition) is 1. The van der Waals surface area contributed by atoms with Gasteiger partial charge in [0.25, 0.3) is 5.56 Å². The molecule has 0 unspecified atom stereocenters. The van der Waals surface area contributed by atoms with E-state index in [2.05, 4.69) is 24.9 Å². The highest BCUT2D eigenvalue weighted by atomic mass is 16.5. The van der Waals surface area contributed by atoms with E-state index in [0.717, 1.165) is 39.0 Å². The van der Waals surface area contributed by atoms with Crippen LogP contribution in [-0.2, 0) is 16.5 Å². The number of ether oxygens (including phenoxy) is 2. The maximum absolute atomic E-state index is 12.3. The number of aromatic nitrogens is 4. The molecule has 1 saturated heterocycles. The van der Waals surface area contributed by atoms with Crippen molar-refractivity contribution in [3.63, 3.8) is 0 Å². The number of methoxy groups -OCH3 is 1. The number of fused-ring (bicyclic) bond motifs is 1. The Hall–Kier alpha value is -1.97. The number of piperazine rings is 1. The number of nitrogens with zero attached hydrogens (tertiary/aromatic N) is 5. The van der Waals surface area contributed by atoms with Crippen LogP contribution >= 0.6 is 0 Å². The van der Waals surface area contributed by atoms with Gasteiger partial charge in [0.15, 0.2) is 5.65 Å². The summed E-state index contributed by atoms with van der Waals surface area (Å²) in [5.74, 6) is 0.649. The van der Waals surface area contributed by atoms with Crippen LogP contribution in [0.5, 0.6) is 0 Å². The van der Waals surface area contributed by atoms with Gasteiger partial charge in [-0.1, -0.05) is 0 Å². The van der Waals surface area contributed by atoms with Crippen molar-refractivity contribution < 1.29 is 9.47 Å². The lowest BCUT2D eigenvalue weighted by molar-refractivity contribution is -0.0148. The summed E-state index contributed by atoms with van der Waals surface area (Å²) in [5.41, 5.74) is 0.510. The third-order valence-electron chi connectivity index (χ3n) is 6.00. The molecular weight excluding hydrogens is 360 g/mol. The van der Waals surface area contributed by atoms with E-state index in [-0.39, 0.29) is 5.56 Å². The average molecular weight is 390 g/mol. The van der Waals surface area contributed by atoms with Crippen LogP contribution in [0.4, 0.5) is 5.95 Å². The lowest BCUT2D eigenvalue weighted by atomic mass is 9.91. The average Bonchev–Trinajstić information content (AvgIpc) is 3.10. The van der Waals surface area contributed by atoms with Crippen LogP contribution in [0, 0.1) is 0 Å². The van der Waals surface area contributed by atoms with Crippen LogP contribution in [0.25, 0.3) is 11.0 Å². The van der Waals surface area contributed by atoms with Gasteiger partial charge in [-0.15, -0.1) is 0 Å². The predicted octanol–water partition coefficient (Wildman–Crippen LogP) is 0.753. The van der Waals surface area contributed by atoms with E-state index >= 15 is 0 Å². The summed E-state index contributed by atoms with van der Waals surface area (Å²) in [7, 11) is 3.52. The lowest BCUT2D eigenvalue weighted by Gasteiger charge is -2.42. The van der Waals surface area contributed by atoms with E-state index in [1.165, 1.54) is 12.8 Å². The molecular formula is C19H30N6O3. The Morgan fingerprint density at radius 2 is 1.89 bits per heavy atom. The van der Waals surface area contributed by atoms with E-state index < -0.39 is 0 Å². The van der Waals surface area contributed by atoms with Gasteiger partial charge in [0, 0.05) is 46.4 Å². The standard InChI is InChI=1S/C19H30N6O3/c1-23-17-16(13-20-23)18(26)22-19(21-17)25-9-7-24(8-10-25)14-3-5-15(6-4-14)28-12-11-27-2/h13-15H,3-12H2,1-2H3,(H,21,22,26). The minimum absolute atomic E-state index is 0.123. The number of anilines is 1. The van der Waals surface area contributed by atoms with Crippen molar-refractivity contribution in [2.75, 3.05) is 51.4 Å². The molecule has 0 radical (unpaired) electrons. The summed E-state index contributed by atoms with van der Waals surface area (Å²) in [4.78, 5) is 24.6. The Morgan fingerprint density at radius 3 is 2.61 bits per heavy atom. The van der Waals surface area contributed by atoms with Crippen LogP contribution in [0.3, 0.4) is 0 Å². The van der Waals surface area contributed by atoms with Crippen molar-refractivity contribution in [3.8, 4) is 0 Å². The fourth-order valence-electron chi connectivity index (χ4n) is 4.34. The summed E-state index contributed by atoms with van der Waals surface area (Å²) in [5, 5.41) is 4.67. The van der Waals surface area contributed by atoms with E-state index in [4.69, 9.17) is 9.47 Å². The van der Waals surface area contributed by atoms with Crippen LogP contribution in [0.1, 0.15) is 25.7 Å². The van der Waals surface area contributed by atoms with Gasteiger partial charge in [-0.2, -0.15) is 10.1 Å². The molecule has 2 aromatic rings. The first-order valence-corrected chi connectivity index (χ1v) is 10.2. The molecule has 9 heteroatoms. The normalized spacial score (nSPS) is 24.1.